The number of urea groups is 1. The number of rotatable bonds is 15. The van der Waals surface area contributed by atoms with E-state index in [1.165, 1.54) is 16.9 Å². The van der Waals surface area contributed by atoms with Gasteiger partial charge in [-0.15, -0.1) is 12.6 Å². The van der Waals surface area contributed by atoms with Crippen LogP contribution in [-0.4, -0.2) is 68.2 Å². The lowest BCUT2D eigenvalue weighted by Gasteiger charge is -2.37. The number of amides is 4. The van der Waals surface area contributed by atoms with Crippen molar-refractivity contribution in [1.29, 1.82) is 0 Å². The molecule has 6 aromatic rings. The number of imidazole rings is 1. The first-order chi connectivity index (χ1) is 28.1. The number of aryl methyl sites for hydroxylation is 1. The van der Waals surface area contributed by atoms with Crippen LogP contribution in [0.25, 0.3) is 10.8 Å². The largest absolute Gasteiger partial charge is 0.467 e. The summed E-state index contributed by atoms with van der Waals surface area (Å²) >= 11 is 4.50. The molecule has 296 valence electrons. The zero-order valence-electron chi connectivity index (χ0n) is 32.9. The first-order valence-electron chi connectivity index (χ1n) is 19.5. The molecule has 0 aliphatic carbocycles. The maximum Gasteiger partial charge on any atom is 0.341 e. The molecule has 0 radical (unpaired) electrons. The minimum atomic E-state index is -1.61. The first-order valence-corrected chi connectivity index (χ1v) is 20.0. The summed E-state index contributed by atoms with van der Waals surface area (Å²) in [7, 11) is 1.23. The van der Waals surface area contributed by atoms with Crippen LogP contribution >= 0.6 is 12.6 Å². The molecule has 2 atom stereocenters. The number of imide groups is 1. The smallest absolute Gasteiger partial charge is 0.341 e. The molecule has 4 amide bonds. The van der Waals surface area contributed by atoms with Crippen molar-refractivity contribution in [3.05, 3.63) is 174 Å². The second-order valence-corrected chi connectivity index (χ2v) is 15.5. The second-order valence-electron chi connectivity index (χ2n) is 14.8. The summed E-state index contributed by atoms with van der Waals surface area (Å²) in [6, 6.07) is 43.6. The molecular formula is C47H47N5O5S. The van der Waals surface area contributed by atoms with Gasteiger partial charge in [0.2, 0.25) is 5.91 Å². The van der Waals surface area contributed by atoms with Gasteiger partial charge in [0.1, 0.15) is 17.6 Å². The van der Waals surface area contributed by atoms with E-state index in [-0.39, 0.29) is 13.0 Å². The Hall–Kier alpha value is -6.20. The molecule has 1 aliphatic rings. The standard InChI is InChI=1S/C47H47N5O5S/c1-4-29-46(58,43(55)57-3)49-41(53)32-52-44(56)51(42(54)45(52,2)40-28-16-19-34-18-14-15-27-39(34)40)30-17-26-38-31-50(33-48-38)47(35-20-8-5-9-21-35,36-22-10-6-11-23-36)37-24-12-7-13-25-37/h5-16,18-25,27-28,31,33,58H,4,17,26,29-30,32H2,1-3H3,(H,49,53). The van der Waals surface area contributed by atoms with Crippen molar-refractivity contribution in [2.75, 3.05) is 20.2 Å². The van der Waals surface area contributed by atoms with E-state index in [1.807, 2.05) is 117 Å². The highest BCUT2D eigenvalue weighted by atomic mass is 32.1. The third-order valence-corrected chi connectivity index (χ3v) is 11.7. The van der Waals surface area contributed by atoms with Crippen LogP contribution in [0.1, 0.15) is 61.1 Å². The lowest BCUT2D eigenvalue weighted by atomic mass is 9.77. The number of benzene rings is 5. The fourth-order valence-corrected chi connectivity index (χ4v) is 8.81. The Bertz CT molecular complexity index is 2320. The molecule has 10 nitrogen and oxygen atoms in total. The van der Waals surface area contributed by atoms with Crippen LogP contribution in [0, 0.1) is 0 Å². The topological polar surface area (TPSA) is 114 Å². The van der Waals surface area contributed by atoms with Gasteiger partial charge in [-0.3, -0.25) is 19.4 Å². The predicted molar refractivity (Wildman–Crippen MR) is 227 cm³/mol. The number of hydrogen-bond acceptors (Lipinski definition) is 7. The highest BCUT2D eigenvalue weighted by molar-refractivity contribution is 7.82. The van der Waals surface area contributed by atoms with Crippen molar-refractivity contribution in [1.82, 2.24) is 24.7 Å². The molecule has 5 aromatic carbocycles. The van der Waals surface area contributed by atoms with Crippen LogP contribution in [0.5, 0.6) is 0 Å². The average molecular weight is 794 g/mol. The van der Waals surface area contributed by atoms with Gasteiger partial charge >= 0.3 is 12.0 Å². The number of aromatic nitrogens is 2. The Morgan fingerprint density at radius 2 is 1.38 bits per heavy atom. The fourth-order valence-electron chi connectivity index (χ4n) is 8.38. The molecule has 0 bridgehead atoms. The number of methoxy groups -OCH3 is 1. The van der Waals surface area contributed by atoms with Crippen LogP contribution < -0.4 is 5.32 Å². The van der Waals surface area contributed by atoms with Gasteiger partial charge in [0, 0.05) is 12.7 Å². The number of fused-ring (bicyclic) bond motifs is 1. The van der Waals surface area contributed by atoms with Gasteiger partial charge in [-0.1, -0.05) is 147 Å². The predicted octanol–water partition coefficient (Wildman–Crippen LogP) is 7.70. The van der Waals surface area contributed by atoms with Crippen LogP contribution in [0.15, 0.2) is 146 Å². The van der Waals surface area contributed by atoms with Gasteiger partial charge in [0.15, 0.2) is 4.87 Å². The second kappa shape index (κ2) is 16.7. The molecule has 0 spiro atoms. The summed E-state index contributed by atoms with van der Waals surface area (Å²) in [6.45, 7) is 3.14. The van der Waals surface area contributed by atoms with Crippen molar-refractivity contribution in [2.24, 2.45) is 0 Å². The zero-order chi connectivity index (χ0) is 40.9. The van der Waals surface area contributed by atoms with Crippen molar-refractivity contribution >= 4 is 47.2 Å². The quantitative estimate of drug-likeness (QED) is 0.0362. The third-order valence-electron chi connectivity index (χ3n) is 11.2. The minimum Gasteiger partial charge on any atom is -0.467 e. The van der Waals surface area contributed by atoms with Crippen molar-refractivity contribution in [3.8, 4) is 0 Å². The maximum absolute atomic E-state index is 14.7. The highest BCUT2D eigenvalue weighted by Gasteiger charge is 2.56. The average Bonchev–Trinajstić information content (AvgIpc) is 3.79. The molecule has 7 rings (SSSR count). The molecule has 1 N–H and O–H groups in total. The normalized spacial score (nSPS) is 16.7. The Morgan fingerprint density at radius 1 is 0.810 bits per heavy atom. The Morgan fingerprint density at radius 3 is 1.97 bits per heavy atom. The molecule has 11 heteroatoms. The van der Waals surface area contributed by atoms with E-state index in [9.17, 15) is 19.2 Å². The van der Waals surface area contributed by atoms with Gasteiger partial charge in [-0.05, 0) is 59.2 Å². The number of nitrogens with one attached hydrogen (secondary N) is 1. The maximum atomic E-state index is 14.7. The van der Waals surface area contributed by atoms with Crippen LogP contribution in [0.2, 0.25) is 0 Å². The molecular weight excluding hydrogens is 747 g/mol. The van der Waals surface area contributed by atoms with Crippen LogP contribution in [0.3, 0.4) is 0 Å². The van der Waals surface area contributed by atoms with Crippen LogP contribution in [-0.2, 0) is 36.6 Å². The van der Waals surface area contributed by atoms with E-state index in [0.717, 1.165) is 33.2 Å². The van der Waals surface area contributed by atoms with E-state index in [1.54, 1.807) is 6.92 Å². The van der Waals surface area contributed by atoms with E-state index >= 15 is 0 Å². The van der Waals surface area contributed by atoms with Crippen LogP contribution in [0.4, 0.5) is 4.79 Å². The SMILES string of the molecule is CCCC(S)(NC(=O)CN1C(=O)N(CCCc2cn(C(c3ccccc3)(c3ccccc3)c3ccccc3)cn2)C(=O)C1(C)c1cccc2ccccc12)C(=O)OC. The molecule has 58 heavy (non-hydrogen) atoms. The summed E-state index contributed by atoms with van der Waals surface area (Å²) < 4.78 is 7.08. The number of hydrogen-bond donors (Lipinski definition) is 2. The highest BCUT2D eigenvalue weighted by Crippen LogP contribution is 2.42. The third kappa shape index (κ3) is 7.15. The van der Waals surface area contributed by atoms with Gasteiger partial charge in [-0.25, -0.2) is 14.6 Å². The van der Waals surface area contributed by atoms with E-state index in [2.05, 4.69) is 58.9 Å². The zero-order valence-corrected chi connectivity index (χ0v) is 33.8. The van der Waals surface area contributed by atoms with Crippen molar-refractivity contribution < 1.29 is 23.9 Å². The van der Waals surface area contributed by atoms with E-state index in [0.29, 0.717) is 24.8 Å². The molecule has 1 aliphatic heterocycles. The van der Waals surface area contributed by atoms with E-state index in [4.69, 9.17) is 9.72 Å². The van der Waals surface area contributed by atoms with Crippen molar-refractivity contribution in [3.63, 3.8) is 0 Å². The minimum absolute atomic E-state index is 0.0959. The Kier molecular flexibility index (Phi) is 11.5. The van der Waals surface area contributed by atoms with Gasteiger partial charge < -0.3 is 14.6 Å². The van der Waals surface area contributed by atoms with Crippen molar-refractivity contribution in [2.45, 2.75) is 55.5 Å². The lowest BCUT2D eigenvalue weighted by molar-refractivity contribution is -0.147. The molecule has 1 saturated heterocycles. The molecule has 2 unspecified atom stereocenters. The molecule has 1 aromatic heterocycles. The Labute approximate surface area is 344 Å². The Balaban J connectivity index is 1.19. The molecule has 0 saturated carbocycles. The number of ether oxygens (including phenoxy) is 1. The summed E-state index contributed by atoms with van der Waals surface area (Å²) in [5.74, 6) is -1.81. The van der Waals surface area contributed by atoms with Gasteiger partial charge in [0.05, 0.1) is 19.1 Å². The lowest BCUT2D eigenvalue weighted by Crippen LogP contribution is -2.55. The van der Waals surface area contributed by atoms with Gasteiger partial charge in [-0.2, -0.15) is 0 Å². The van der Waals surface area contributed by atoms with E-state index < -0.39 is 46.3 Å². The fraction of sp³-hybridized carbons (Fsp3) is 0.255. The summed E-state index contributed by atoms with van der Waals surface area (Å²) in [4.78, 5) is 61.3. The number of carbonyl (C=O) groups excluding carboxylic acids is 4. The summed E-state index contributed by atoms with van der Waals surface area (Å²) in [5, 5.41) is 4.36. The molecule has 1 fully saturated rings. The molecule has 2 heterocycles. The van der Waals surface area contributed by atoms with Gasteiger partial charge in [0.25, 0.3) is 5.91 Å². The number of thiol groups is 1. The summed E-state index contributed by atoms with van der Waals surface area (Å²) in [6.07, 6.45) is 5.52. The summed E-state index contributed by atoms with van der Waals surface area (Å²) in [5.41, 5.74) is 2.33. The number of nitrogens with zero attached hydrogens (tertiary/aromatic N) is 4. The number of carbonyl (C=O) groups is 4. The number of esters is 1. The monoisotopic (exact) mass is 793 g/mol. The first kappa shape index (κ1) is 40.0.